The van der Waals surface area contributed by atoms with Gasteiger partial charge in [-0.15, -0.1) is 11.6 Å². The molecule has 0 bridgehead atoms. The van der Waals surface area contributed by atoms with E-state index < -0.39 is 0 Å². The van der Waals surface area contributed by atoms with Crippen molar-refractivity contribution in [2.75, 3.05) is 25.6 Å². The van der Waals surface area contributed by atoms with Crippen molar-refractivity contribution in [3.63, 3.8) is 0 Å². The van der Waals surface area contributed by atoms with Crippen LogP contribution < -0.4 is 4.74 Å². The second-order valence-electron chi connectivity index (χ2n) is 5.69. The molecule has 3 rings (SSSR count). The molecule has 1 aromatic carbocycles. The van der Waals surface area contributed by atoms with Gasteiger partial charge in [-0.25, -0.2) is 0 Å². The molecule has 3 atom stereocenters. The third kappa shape index (κ3) is 3.01. The van der Waals surface area contributed by atoms with Crippen LogP contribution in [0.25, 0.3) is 0 Å². The lowest BCUT2D eigenvalue weighted by atomic mass is 9.91. The normalized spacial score (nSPS) is 28.7. The second kappa shape index (κ2) is 6.24. The van der Waals surface area contributed by atoms with Crippen LogP contribution in [0.5, 0.6) is 5.75 Å². The number of halogens is 1. The number of benzene rings is 1. The molecule has 1 aromatic rings. The Bertz CT molecular complexity index is 522. The van der Waals surface area contributed by atoms with Gasteiger partial charge >= 0.3 is 0 Å². The van der Waals surface area contributed by atoms with Crippen LogP contribution in [0.3, 0.4) is 0 Å². The largest absolute Gasteiger partial charge is 0.493 e. The first-order chi connectivity index (χ1) is 10.2. The fourth-order valence-electron chi connectivity index (χ4n) is 3.13. The Hall–Kier alpha value is -1.26. The smallest absolute Gasteiger partial charge is 0.230 e. The van der Waals surface area contributed by atoms with Crippen molar-refractivity contribution in [1.82, 2.24) is 4.90 Å². The van der Waals surface area contributed by atoms with Crippen molar-refractivity contribution >= 4 is 17.5 Å². The first-order valence-electron chi connectivity index (χ1n) is 7.41. The van der Waals surface area contributed by atoms with E-state index in [2.05, 4.69) is 0 Å². The standard InChI is InChI=1S/C16H20ClNO3/c1-11-9-18(10-12(8-17)21-11)16(19)14-6-7-20-15-5-3-2-4-13(14)15/h2-5,11-12,14H,6-10H2,1H3. The molecule has 0 spiro atoms. The Balaban J connectivity index is 1.79. The van der Waals surface area contributed by atoms with E-state index in [9.17, 15) is 4.79 Å². The topological polar surface area (TPSA) is 38.8 Å². The van der Waals surface area contributed by atoms with Gasteiger partial charge in [-0.1, -0.05) is 18.2 Å². The molecule has 21 heavy (non-hydrogen) atoms. The maximum Gasteiger partial charge on any atom is 0.230 e. The molecule has 0 N–H and O–H groups in total. The predicted octanol–water partition coefficient (Wildman–Crippen LogP) is 2.41. The van der Waals surface area contributed by atoms with Crippen LogP contribution in [0.15, 0.2) is 24.3 Å². The summed E-state index contributed by atoms with van der Waals surface area (Å²) in [7, 11) is 0. The van der Waals surface area contributed by atoms with Crippen LogP contribution in [0.1, 0.15) is 24.8 Å². The molecule has 0 aliphatic carbocycles. The molecule has 2 aliphatic rings. The zero-order chi connectivity index (χ0) is 14.8. The van der Waals surface area contributed by atoms with E-state index in [1.807, 2.05) is 36.1 Å². The zero-order valence-electron chi connectivity index (χ0n) is 12.1. The summed E-state index contributed by atoms with van der Waals surface area (Å²) in [6.45, 7) is 3.78. The quantitative estimate of drug-likeness (QED) is 0.788. The van der Waals surface area contributed by atoms with Crippen molar-refractivity contribution < 1.29 is 14.3 Å². The number of nitrogens with zero attached hydrogens (tertiary/aromatic N) is 1. The summed E-state index contributed by atoms with van der Waals surface area (Å²) in [5.74, 6) is 1.29. The number of ether oxygens (including phenoxy) is 2. The van der Waals surface area contributed by atoms with E-state index in [-0.39, 0.29) is 24.0 Å². The van der Waals surface area contributed by atoms with Crippen LogP contribution in [0, 0.1) is 0 Å². The lowest BCUT2D eigenvalue weighted by Gasteiger charge is -2.38. The highest BCUT2D eigenvalue weighted by Gasteiger charge is 2.35. The molecular weight excluding hydrogens is 290 g/mol. The van der Waals surface area contributed by atoms with E-state index in [0.717, 1.165) is 17.7 Å². The average molecular weight is 310 g/mol. The van der Waals surface area contributed by atoms with E-state index in [1.54, 1.807) is 0 Å². The van der Waals surface area contributed by atoms with Crippen molar-refractivity contribution in [1.29, 1.82) is 0 Å². The maximum atomic E-state index is 12.9. The highest BCUT2D eigenvalue weighted by Crippen LogP contribution is 2.35. The third-order valence-electron chi connectivity index (χ3n) is 4.07. The van der Waals surface area contributed by atoms with Crippen molar-refractivity contribution in [2.45, 2.75) is 31.5 Å². The van der Waals surface area contributed by atoms with Gasteiger partial charge in [-0.05, 0) is 19.4 Å². The molecule has 0 saturated carbocycles. The molecular formula is C16H20ClNO3. The summed E-state index contributed by atoms with van der Waals surface area (Å²) in [5, 5.41) is 0. The number of carbonyl (C=O) groups excluding carboxylic acids is 1. The fourth-order valence-corrected chi connectivity index (χ4v) is 3.30. The highest BCUT2D eigenvalue weighted by atomic mass is 35.5. The molecule has 0 radical (unpaired) electrons. The Labute approximate surface area is 130 Å². The summed E-state index contributed by atoms with van der Waals surface area (Å²) in [6.07, 6.45) is 0.684. The van der Waals surface area contributed by atoms with Crippen molar-refractivity contribution in [3.8, 4) is 5.75 Å². The van der Waals surface area contributed by atoms with E-state index in [4.69, 9.17) is 21.1 Å². The van der Waals surface area contributed by atoms with Crippen LogP contribution in [0.2, 0.25) is 0 Å². The van der Waals surface area contributed by atoms with Gasteiger partial charge in [0.1, 0.15) is 5.75 Å². The van der Waals surface area contributed by atoms with E-state index in [0.29, 0.717) is 25.6 Å². The monoisotopic (exact) mass is 309 g/mol. The van der Waals surface area contributed by atoms with Crippen LogP contribution in [-0.2, 0) is 9.53 Å². The van der Waals surface area contributed by atoms with Gasteiger partial charge in [0.2, 0.25) is 5.91 Å². The number of rotatable bonds is 2. The summed E-state index contributed by atoms with van der Waals surface area (Å²) < 4.78 is 11.4. The zero-order valence-corrected chi connectivity index (χ0v) is 12.9. The lowest BCUT2D eigenvalue weighted by molar-refractivity contribution is -0.145. The fraction of sp³-hybridized carbons (Fsp3) is 0.562. The minimum Gasteiger partial charge on any atom is -0.493 e. The minimum atomic E-state index is -0.115. The maximum absolute atomic E-state index is 12.9. The minimum absolute atomic E-state index is 0.0292. The van der Waals surface area contributed by atoms with Gasteiger partial charge in [-0.2, -0.15) is 0 Å². The molecule has 114 valence electrons. The van der Waals surface area contributed by atoms with Gasteiger partial charge in [-0.3, -0.25) is 4.79 Å². The molecule has 1 amide bonds. The van der Waals surface area contributed by atoms with Gasteiger partial charge in [0.15, 0.2) is 0 Å². The van der Waals surface area contributed by atoms with Crippen LogP contribution >= 0.6 is 11.6 Å². The molecule has 2 aliphatic heterocycles. The molecule has 4 nitrogen and oxygen atoms in total. The summed E-state index contributed by atoms with van der Waals surface area (Å²) in [6, 6.07) is 7.81. The summed E-state index contributed by atoms with van der Waals surface area (Å²) in [4.78, 5) is 14.8. The van der Waals surface area contributed by atoms with E-state index in [1.165, 1.54) is 0 Å². The number of carbonyl (C=O) groups is 1. The molecule has 5 heteroatoms. The lowest BCUT2D eigenvalue weighted by Crippen LogP contribution is -2.51. The number of morpholine rings is 1. The molecule has 3 unspecified atom stereocenters. The summed E-state index contributed by atoms with van der Waals surface area (Å²) in [5.41, 5.74) is 0.996. The Morgan fingerprint density at radius 2 is 2.19 bits per heavy atom. The number of amides is 1. The average Bonchev–Trinajstić information content (AvgIpc) is 2.53. The van der Waals surface area contributed by atoms with Gasteiger partial charge in [0.25, 0.3) is 0 Å². The predicted molar refractivity (Wildman–Crippen MR) is 80.9 cm³/mol. The third-order valence-corrected chi connectivity index (χ3v) is 4.41. The highest BCUT2D eigenvalue weighted by molar-refractivity contribution is 6.18. The number of alkyl halides is 1. The van der Waals surface area contributed by atoms with Crippen LogP contribution in [0.4, 0.5) is 0 Å². The van der Waals surface area contributed by atoms with Gasteiger partial charge in [0, 0.05) is 18.7 Å². The molecule has 1 fully saturated rings. The number of para-hydroxylation sites is 1. The summed E-state index contributed by atoms with van der Waals surface area (Å²) >= 11 is 5.90. The Morgan fingerprint density at radius 1 is 1.38 bits per heavy atom. The molecule has 2 heterocycles. The first kappa shape index (κ1) is 14.7. The number of fused-ring (bicyclic) bond motifs is 1. The Morgan fingerprint density at radius 3 is 3.00 bits per heavy atom. The van der Waals surface area contributed by atoms with Gasteiger partial charge < -0.3 is 14.4 Å². The van der Waals surface area contributed by atoms with Crippen molar-refractivity contribution in [3.05, 3.63) is 29.8 Å². The molecule has 1 saturated heterocycles. The second-order valence-corrected chi connectivity index (χ2v) is 6.00. The first-order valence-corrected chi connectivity index (χ1v) is 7.94. The van der Waals surface area contributed by atoms with E-state index >= 15 is 0 Å². The Kier molecular flexibility index (Phi) is 4.36. The molecule has 0 aromatic heterocycles. The van der Waals surface area contributed by atoms with Gasteiger partial charge in [0.05, 0.1) is 30.6 Å². The number of hydrogen-bond donors (Lipinski definition) is 0. The van der Waals surface area contributed by atoms with Crippen molar-refractivity contribution in [2.24, 2.45) is 0 Å². The van der Waals surface area contributed by atoms with Crippen LogP contribution in [-0.4, -0.2) is 48.6 Å². The SMILES string of the molecule is CC1CN(C(=O)C2CCOc3ccccc32)CC(CCl)O1. The number of hydrogen-bond acceptors (Lipinski definition) is 3.